The topological polar surface area (TPSA) is 29.5 Å². The number of benzene rings is 1. The quantitative estimate of drug-likeness (QED) is 0.737. The number of unbranched alkanes of at least 4 members (excludes halogenated alkanes) is 2. The summed E-state index contributed by atoms with van der Waals surface area (Å²) in [7, 11) is 0. The zero-order chi connectivity index (χ0) is 14.2. The third kappa shape index (κ3) is 4.26. The van der Waals surface area contributed by atoms with Gasteiger partial charge in [-0.25, -0.2) is 0 Å². The first-order valence-electron chi connectivity index (χ1n) is 7.83. The van der Waals surface area contributed by atoms with Crippen LogP contribution < -0.4 is 4.74 Å². The van der Waals surface area contributed by atoms with Gasteiger partial charge in [0.1, 0.15) is 5.75 Å². The van der Waals surface area contributed by atoms with Crippen molar-refractivity contribution in [3.63, 3.8) is 0 Å². The SMILES string of the molecule is CCCCCOc1ccc(C(=O)N2CCCCC2)cc1. The van der Waals surface area contributed by atoms with Gasteiger partial charge in [0.05, 0.1) is 6.61 Å². The van der Waals surface area contributed by atoms with Gasteiger partial charge in [0, 0.05) is 18.7 Å². The van der Waals surface area contributed by atoms with Crippen LogP contribution in [0, 0.1) is 0 Å². The van der Waals surface area contributed by atoms with Gasteiger partial charge in [0.25, 0.3) is 5.91 Å². The van der Waals surface area contributed by atoms with Crippen molar-refractivity contribution >= 4 is 5.91 Å². The molecule has 1 saturated heterocycles. The lowest BCUT2D eigenvalue weighted by Crippen LogP contribution is -2.35. The van der Waals surface area contributed by atoms with E-state index in [0.717, 1.165) is 50.3 Å². The number of carbonyl (C=O) groups is 1. The first-order chi connectivity index (χ1) is 9.81. The number of ether oxygens (including phenoxy) is 1. The van der Waals surface area contributed by atoms with Gasteiger partial charge in [-0.3, -0.25) is 4.79 Å². The largest absolute Gasteiger partial charge is 0.494 e. The average Bonchev–Trinajstić information content (AvgIpc) is 2.52. The molecule has 0 spiro atoms. The summed E-state index contributed by atoms with van der Waals surface area (Å²) < 4.78 is 5.66. The van der Waals surface area contributed by atoms with Crippen molar-refractivity contribution in [2.24, 2.45) is 0 Å². The Kier molecular flexibility index (Phi) is 5.90. The molecule has 1 amide bonds. The molecule has 1 aromatic rings. The highest BCUT2D eigenvalue weighted by Gasteiger charge is 2.17. The molecule has 1 fully saturated rings. The minimum absolute atomic E-state index is 0.155. The lowest BCUT2D eigenvalue weighted by atomic mass is 10.1. The molecule has 0 radical (unpaired) electrons. The summed E-state index contributed by atoms with van der Waals surface area (Å²) in [6, 6.07) is 7.57. The average molecular weight is 275 g/mol. The molecular formula is C17H25NO2. The molecule has 2 rings (SSSR count). The molecule has 0 N–H and O–H groups in total. The summed E-state index contributed by atoms with van der Waals surface area (Å²) in [5.74, 6) is 1.01. The maximum Gasteiger partial charge on any atom is 0.253 e. The molecule has 0 aliphatic carbocycles. The Hall–Kier alpha value is -1.51. The van der Waals surface area contributed by atoms with E-state index in [2.05, 4.69) is 6.92 Å². The summed E-state index contributed by atoms with van der Waals surface area (Å²) in [6.07, 6.45) is 6.99. The van der Waals surface area contributed by atoms with E-state index in [1.807, 2.05) is 29.2 Å². The lowest BCUT2D eigenvalue weighted by molar-refractivity contribution is 0.0724. The highest BCUT2D eigenvalue weighted by atomic mass is 16.5. The Balaban J connectivity index is 1.85. The Morgan fingerprint density at radius 3 is 2.45 bits per heavy atom. The molecule has 0 aromatic heterocycles. The molecule has 1 aliphatic rings. The van der Waals surface area contributed by atoms with Crippen molar-refractivity contribution in [2.75, 3.05) is 19.7 Å². The Morgan fingerprint density at radius 2 is 1.80 bits per heavy atom. The van der Waals surface area contributed by atoms with Gasteiger partial charge >= 0.3 is 0 Å². The maximum atomic E-state index is 12.3. The number of carbonyl (C=O) groups excluding carboxylic acids is 1. The van der Waals surface area contributed by atoms with Gasteiger partial charge in [0.2, 0.25) is 0 Å². The second kappa shape index (κ2) is 7.93. The van der Waals surface area contributed by atoms with Crippen LogP contribution in [0.4, 0.5) is 0 Å². The van der Waals surface area contributed by atoms with E-state index in [4.69, 9.17) is 4.74 Å². The van der Waals surface area contributed by atoms with Crippen LogP contribution in [0.25, 0.3) is 0 Å². The van der Waals surface area contributed by atoms with E-state index in [0.29, 0.717) is 0 Å². The molecule has 3 heteroatoms. The molecule has 0 atom stereocenters. The van der Waals surface area contributed by atoms with Crippen molar-refractivity contribution in [1.82, 2.24) is 4.90 Å². The van der Waals surface area contributed by atoms with Gasteiger partial charge < -0.3 is 9.64 Å². The summed E-state index contributed by atoms with van der Waals surface area (Å²) in [5, 5.41) is 0. The monoisotopic (exact) mass is 275 g/mol. The third-order valence-electron chi connectivity index (χ3n) is 3.76. The van der Waals surface area contributed by atoms with Crippen molar-refractivity contribution in [1.29, 1.82) is 0 Å². The normalized spacial score (nSPS) is 15.2. The van der Waals surface area contributed by atoms with Gasteiger partial charge in [0.15, 0.2) is 0 Å². The summed E-state index contributed by atoms with van der Waals surface area (Å²) in [6.45, 7) is 4.73. The number of rotatable bonds is 6. The summed E-state index contributed by atoms with van der Waals surface area (Å²) in [4.78, 5) is 14.3. The van der Waals surface area contributed by atoms with Crippen LogP contribution in [0.15, 0.2) is 24.3 Å². The second-order valence-corrected chi connectivity index (χ2v) is 5.43. The molecule has 1 heterocycles. The van der Waals surface area contributed by atoms with Crippen LogP contribution in [0.5, 0.6) is 5.75 Å². The summed E-state index contributed by atoms with van der Waals surface area (Å²) in [5.41, 5.74) is 0.771. The standard InChI is InChI=1S/C17H25NO2/c1-2-3-7-14-20-16-10-8-15(9-11-16)17(19)18-12-5-4-6-13-18/h8-11H,2-7,12-14H2,1H3. The van der Waals surface area contributed by atoms with E-state index in [-0.39, 0.29) is 5.91 Å². The second-order valence-electron chi connectivity index (χ2n) is 5.43. The highest BCUT2D eigenvalue weighted by Crippen LogP contribution is 2.17. The van der Waals surface area contributed by atoms with Crippen molar-refractivity contribution in [2.45, 2.75) is 45.4 Å². The van der Waals surface area contributed by atoms with Crippen LogP contribution in [-0.2, 0) is 0 Å². The van der Waals surface area contributed by atoms with Crippen molar-refractivity contribution in [3.8, 4) is 5.75 Å². The number of piperidine rings is 1. The zero-order valence-electron chi connectivity index (χ0n) is 12.4. The Labute approximate surface area is 121 Å². The molecule has 20 heavy (non-hydrogen) atoms. The number of hydrogen-bond acceptors (Lipinski definition) is 2. The lowest BCUT2D eigenvalue weighted by Gasteiger charge is -2.26. The fraction of sp³-hybridized carbons (Fsp3) is 0.588. The molecule has 1 aliphatic heterocycles. The van der Waals surface area contributed by atoms with E-state index in [1.165, 1.54) is 19.3 Å². The van der Waals surface area contributed by atoms with Gasteiger partial charge in [-0.2, -0.15) is 0 Å². The highest BCUT2D eigenvalue weighted by molar-refractivity contribution is 5.94. The molecule has 0 unspecified atom stereocenters. The fourth-order valence-corrected chi connectivity index (χ4v) is 2.52. The van der Waals surface area contributed by atoms with E-state index < -0.39 is 0 Å². The summed E-state index contributed by atoms with van der Waals surface area (Å²) >= 11 is 0. The predicted octanol–water partition coefficient (Wildman–Crippen LogP) is 3.88. The third-order valence-corrected chi connectivity index (χ3v) is 3.76. The van der Waals surface area contributed by atoms with Crippen LogP contribution in [-0.4, -0.2) is 30.5 Å². The van der Waals surface area contributed by atoms with E-state index >= 15 is 0 Å². The van der Waals surface area contributed by atoms with Gasteiger partial charge in [-0.1, -0.05) is 19.8 Å². The number of nitrogens with zero attached hydrogens (tertiary/aromatic N) is 1. The predicted molar refractivity (Wildman–Crippen MR) is 81.2 cm³/mol. The van der Waals surface area contributed by atoms with E-state index in [1.54, 1.807) is 0 Å². The fourth-order valence-electron chi connectivity index (χ4n) is 2.52. The first kappa shape index (κ1) is 14.9. The van der Waals surface area contributed by atoms with Crippen LogP contribution in [0.1, 0.15) is 55.8 Å². The number of amides is 1. The molecule has 0 bridgehead atoms. The molecular weight excluding hydrogens is 250 g/mol. The molecule has 3 nitrogen and oxygen atoms in total. The molecule has 0 saturated carbocycles. The Morgan fingerprint density at radius 1 is 1.10 bits per heavy atom. The molecule has 110 valence electrons. The Bertz CT molecular complexity index is 408. The number of hydrogen-bond donors (Lipinski definition) is 0. The zero-order valence-corrected chi connectivity index (χ0v) is 12.4. The van der Waals surface area contributed by atoms with Crippen molar-refractivity contribution < 1.29 is 9.53 Å². The minimum Gasteiger partial charge on any atom is -0.494 e. The van der Waals surface area contributed by atoms with Crippen LogP contribution in [0.2, 0.25) is 0 Å². The van der Waals surface area contributed by atoms with Crippen LogP contribution >= 0.6 is 0 Å². The smallest absolute Gasteiger partial charge is 0.253 e. The number of likely N-dealkylation sites (tertiary alicyclic amines) is 1. The van der Waals surface area contributed by atoms with E-state index in [9.17, 15) is 4.79 Å². The van der Waals surface area contributed by atoms with Gasteiger partial charge in [-0.05, 0) is 49.9 Å². The molecule has 1 aromatic carbocycles. The van der Waals surface area contributed by atoms with Crippen LogP contribution in [0.3, 0.4) is 0 Å². The van der Waals surface area contributed by atoms with Gasteiger partial charge in [-0.15, -0.1) is 0 Å². The first-order valence-corrected chi connectivity index (χ1v) is 7.83. The van der Waals surface area contributed by atoms with Crippen molar-refractivity contribution in [3.05, 3.63) is 29.8 Å². The maximum absolute atomic E-state index is 12.3. The minimum atomic E-state index is 0.155.